The lowest BCUT2D eigenvalue weighted by molar-refractivity contribution is -0.142. The molecule has 1 saturated heterocycles. The highest BCUT2D eigenvalue weighted by Crippen LogP contribution is 2.36. The second-order valence-electron chi connectivity index (χ2n) is 7.89. The molecule has 180 valence electrons. The van der Waals surface area contributed by atoms with Gasteiger partial charge < -0.3 is 10.2 Å². The third-order valence-electron chi connectivity index (χ3n) is 5.25. The maximum atomic E-state index is 13.8. The minimum atomic E-state index is -4.88. The standard InChI is InChI=1S/C20H22F5N5O2S/c1-12-15(18(31)27-13-5-3-6-14(11-13)33(2,26)32)17(29-28-16(12)20(23,24)25)30-9-4-7-19(21,22)8-10-30/h3,5-6,11,26H,4,7-10H2,1-2H3,(H,27,31). The van der Waals surface area contributed by atoms with Crippen molar-refractivity contribution >= 4 is 27.1 Å². The third-order valence-corrected chi connectivity index (χ3v) is 6.41. The topological polar surface area (TPSA) is 99.0 Å². The van der Waals surface area contributed by atoms with Crippen molar-refractivity contribution in [1.29, 1.82) is 4.78 Å². The quantitative estimate of drug-likeness (QED) is 0.604. The summed E-state index contributed by atoms with van der Waals surface area (Å²) in [6, 6.07) is 5.58. The molecular weight excluding hydrogens is 469 g/mol. The van der Waals surface area contributed by atoms with Crippen molar-refractivity contribution in [2.45, 2.75) is 43.2 Å². The molecule has 1 fully saturated rings. The van der Waals surface area contributed by atoms with Crippen molar-refractivity contribution in [3.63, 3.8) is 0 Å². The molecule has 2 N–H and O–H groups in total. The summed E-state index contributed by atoms with van der Waals surface area (Å²) in [5.74, 6) is -4.09. The fourth-order valence-electron chi connectivity index (χ4n) is 3.56. The zero-order valence-electron chi connectivity index (χ0n) is 17.8. The van der Waals surface area contributed by atoms with Gasteiger partial charge in [0.1, 0.15) is 0 Å². The van der Waals surface area contributed by atoms with Gasteiger partial charge in [-0.05, 0) is 37.1 Å². The van der Waals surface area contributed by atoms with Gasteiger partial charge in [-0.15, -0.1) is 10.2 Å². The number of carbonyl (C=O) groups excluding carboxylic acids is 1. The minimum Gasteiger partial charge on any atom is -0.354 e. The Morgan fingerprint density at radius 1 is 1.21 bits per heavy atom. The molecule has 13 heteroatoms. The van der Waals surface area contributed by atoms with E-state index < -0.39 is 51.0 Å². The highest BCUT2D eigenvalue weighted by atomic mass is 32.2. The van der Waals surface area contributed by atoms with Gasteiger partial charge in [0.25, 0.3) is 5.91 Å². The van der Waals surface area contributed by atoms with Crippen molar-refractivity contribution in [3.05, 3.63) is 41.1 Å². The second kappa shape index (κ2) is 8.84. The van der Waals surface area contributed by atoms with Crippen LogP contribution in [-0.2, 0) is 15.9 Å². The molecule has 0 saturated carbocycles. The monoisotopic (exact) mass is 491 g/mol. The molecule has 1 atom stereocenters. The van der Waals surface area contributed by atoms with Crippen LogP contribution in [0.5, 0.6) is 0 Å². The number of anilines is 2. The fourth-order valence-corrected chi connectivity index (χ4v) is 4.25. The molecular formula is C20H22F5N5O2S. The molecule has 2 aromatic rings. The third kappa shape index (κ3) is 5.75. The van der Waals surface area contributed by atoms with Crippen LogP contribution in [0.25, 0.3) is 0 Å². The van der Waals surface area contributed by atoms with Crippen LogP contribution in [-0.4, -0.2) is 45.6 Å². The van der Waals surface area contributed by atoms with E-state index in [4.69, 9.17) is 4.78 Å². The van der Waals surface area contributed by atoms with E-state index in [1.165, 1.54) is 35.4 Å². The Kier molecular flexibility index (Phi) is 6.65. The molecule has 1 aliphatic heterocycles. The van der Waals surface area contributed by atoms with E-state index in [9.17, 15) is 31.0 Å². The summed E-state index contributed by atoms with van der Waals surface area (Å²) in [6.07, 6.45) is -4.55. The summed E-state index contributed by atoms with van der Waals surface area (Å²) in [5, 5.41) is 9.30. The van der Waals surface area contributed by atoms with Gasteiger partial charge in [0.15, 0.2) is 11.5 Å². The second-order valence-corrected chi connectivity index (χ2v) is 10.1. The molecule has 1 aromatic carbocycles. The van der Waals surface area contributed by atoms with Crippen molar-refractivity contribution in [1.82, 2.24) is 10.2 Å². The average molecular weight is 491 g/mol. The number of aromatic nitrogens is 2. The minimum absolute atomic E-state index is 0.0617. The van der Waals surface area contributed by atoms with E-state index in [2.05, 4.69) is 15.5 Å². The van der Waals surface area contributed by atoms with E-state index >= 15 is 0 Å². The molecule has 0 spiro atoms. The molecule has 2 heterocycles. The zero-order chi connectivity index (χ0) is 24.6. The Labute approximate surface area is 187 Å². The van der Waals surface area contributed by atoms with Crippen LogP contribution in [0.4, 0.5) is 33.5 Å². The highest BCUT2D eigenvalue weighted by molar-refractivity contribution is 7.91. The largest absolute Gasteiger partial charge is 0.435 e. The van der Waals surface area contributed by atoms with Crippen molar-refractivity contribution in [3.8, 4) is 0 Å². The molecule has 0 aliphatic carbocycles. The Morgan fingerprint density at radius 2 is 1.91 bits per heavy atom. The number of hydrogen-bond acceptors (Lipinski definition) is 6. The number of carbonyl (C=O) groups is 1. The molecule has 33 heavy (non-hydrogen) atoms. The van der Waals surface area contributed by atoms with Crippen molar-refractivity contribution in [2.75, 3.05) is 29.6 Å². The number of nitrogens with zero attached hydrogens (tertiary/aromatic N) is 3. The van der Waals surface area contributed by atoms with Gasteiger partial charge in [0.05, 0.1) is 15.3 Å². The van der Waals surface area contributed by atoms with Crippen molar-refractivity contribution < 1.29 is 31.0 Å². The van der Waals surface area contributed by atoms with Crippen LogP contribution < -0.4 is 10.2 Å². The van der Waals surface area contributed by atoms with E-state index in [1.54, 1.807) is 0 Å². The van der Waals surface area contributed by atoms with Gasteiger partial charge in [-0.3, -0.25) is 4.79 Å². The number of rotatable bonds is 4. The maximum Gasteiger partial charge on any atom is 0.435 e. The summed E-state index contributed by atoms with van der Waals surface area (Å²) in [7, 11) is -3.10. The number of nitrogens with one attached hydrogen (secondary N) is 2. The summed E-state index contributed by atoms with van der Waals surface area (Å²) in [6.45, 7) is 0.933. The van der Waals surface area contributed by atoms with Crippen LogP contribution in [0.2, 0.25) is 0 Å². The molecule has 1 unspecified atom stereocenters. The van der Waals surface area contributed by atoms with Crippen LogP contribution in [0.3, 0.4) is 0 Å². The summed E-state index contributed by atoms with van der Waals surface area (Å²) < 4.78 is 87.6. The van der Waals surface area contributed by atoms with Crippen LogP contribution in [0.1, 0.15) is 40.9 Å². The maximum absolute atomic E-state index is 13.8. The molecule has 0 bridgehead atoms. The Hall–Kier alpha value is -2.83. The lowest BCUT2D eigenvalue weighted by atomic mass is 10.1. The van der Waals surface area contributed by atoms with Crippen LogP contribution in [0.15, 0.2) is 29.2 Å². The SMILES string of the molecule is Cc1c(C(F)(F)F)nnc(N2CCCC(F)(F)CC2)c1C(=O)Nc1cccc(S(C)(=N)=O)c1. The van der Waals surface area contributed by atoms with Gasteiger partial charge in [0.2, 0.25) is 5.92 Å². The van der Waals surface area contributed by atoms with E-state index in [-0.39, 0.29) is 42.3 Å². The predicted octanol–water partition coefficient (Wildman–Crippen LogP) is 4.72. The molecule has 0 radical (unpaired) electrons. The molecule has 7 nitrogen and oxygen atoms in total. The van der Waals surface area contributed by atoms with Gasteiger partial charge >= 0.3 is 6.18 Å². The zero-order valence-corrected chi connectivity index (χ0v) is 18.6. The lowest BCUT2D eigenvalue weighted by Gasteiger charge is -2.25. The van der Waals surface area contributed by atoms with E-state index in [0.29, 0.717) is 0 Å². The average Bonchev–Trinajstić information content (AvgIpc) is 2.86. The smallest absolute Gasteiger partial charge is 0.354 e. The fraction of sp³-hybridized carbons (Fsp3) is 0.450. The highest BCUT2D eigenvalue weighted by Gasteiger charge is 2.39. The van der Waals surface area contributed by atoms with Gasteiger partial charge in [0, 0.05) is 42.8 Å². The van der Waals surface area contributed by atoms with Gasteiger partial charge in [-0.2, -0.15) is 13.2 Å². The number of amides is 1. The number of alkyl halides is 5. The first-order valence-corrected chi connectivity index (χ1v) is 11.9. The Morgan fingerprint density at radius 3 is 2.55 bits per heavy atom. The first-order valence-electron chi connectivity index (χ1n) is 9.91. The van der Waals surface area contributed by atoms with Gasteiger partial charge in [-0.1, -0.05) is 6.07 Å². The molecule has 3 rings (SSSR count). The first-order chi connectivity index (χ1) is 15.2. The summed E-state index contributed by atoms with van der Waals surface area (Å²) in [5.41, 5.74) is -2.17. The van der Waals surface area contributed by atoms with Gasteiger partial charge in [-0.25, -0.2) is 17.8 Å². The predicted molar refractivity (Wildman–Crippen MR) is 112 cm³/mol. The van der Waals surface area contributed by atoms with Crippen LogP contribution >= 0.6 is 0 Å². The normalized spacial score (nSPS) is 18.3. The molecule has 1 amide bonds. The number of hydrogen-bond donors (Lipinski definition) is 2. The number of halogens is 5. The Bertz CT molecular complexity index is 1170. The van der Waals surface area contributed by atoms with Crippen molar-refractivity contribution in [2.24, 2.45) is 0 Å². The summed E-state index contributed by atoms with van der Waals surface area (Å²) >= 11 is 0. The molecule has 1 aromatic heterocycles. The van der Waals surface area contributed by atoms with E-state index in [0.717, 1.165) is 6.92 Å². The number of benzene rings is 1. The Balaban J connectivity index is 2.05. The lowest BCUT2D eigenvalue weighted by Crippen LogP contribution is -2.31. The first kappa shape index (κ1) is 24.8. The van der Waals surface area contributed by atoms with E-state index in [1.807, 2.05) is 0 Å². The molecule has 1 aliphatic rings. The van der Waals surface area contributed by atoms with Crippen LogP contribution in [0, 0.1) is 11.7 Å². The summed E-state index contributed by atoms with van der Waals surface area (Å²) in [4.78, 5) is 14.6.